The number of amides is 3. The summed E-state index contributed by atoms with van der Waals surface area (Å²) in [6.07, 6.45) is -0.00394. The summed E-state index contributed by atoms with van der Waals surface area (Å²) in [5.74, 6) is -1.75. The Kier molecular flexibility index (Phi) is 5.39. The Morgan fingerprint density at radius 1 is 1.07 bits per heavy atom. The van der Waals surface area contributed by atoms with E-state index >= 15 is 0 Å². The molecule has 0 bridgehead atoms. The van der Waals surface area contributed by atoms with Gasteiger partial charge in [0.25, 0.3) is 5.91 Å². The predicted octanol–water partition coefficient (Wildman–Crippen LogP) is 1.71. The maximum atomic E-state index is 12.7. The van der Waals surface area contributed by atoms with Gasteiger partial charge in [-0.1, -0.05) is 0 Å². The molecule has 1 aliphatic heterocycles. The molecule has 8 nitrogen and oxygen atoms in total. The number of carbonyl (C=O) groups is 4. The lowest BCUT2D eigenvalue weighted by molar-refractivity contribution is -0.121. The zero-order valence-electron chi connectivity index (χ0n) is 15.2. The highest BCUT2D eigenvalue weighted by molar-refractivity contribution is 6.23. The van der Waals surface area contributed by atoms with Gasteiger partial charge in [-0.15, -0.1) is 0 Å². The van der Waals surface area contributed by atoms with Crippen LogP contribution in [0.3, 0.4) is 0 Å². The quantitative estimate of drug-likeness (QED) is 0.581. The first-order chi connectivity index (χ1) is 13.4. The summed E-state index contributed by atoms with van der Waals surface area (Å²) < 4.78 is 4.92. The number of ether oxygens (including phenoxy) is 1. The molecular weight excluding hydrogens is 362 g/mol. The van der Waals surface area contributed by atoms with Gasteiger partial charge in [-0.05, 0) is 55.5 Å². The van der Waals surface area contributed by atoms with E-state index in [4.69, 9.17) is 10.5 Å². The molecule has 28 heavy (non-hydrogen) atoms. The van der Waals surface area contributed by atoms with Crippen LogP contribution >= 0.6 is 0 Å². The van der Waals surface area contributed by atoms with E-state index in [0.717, 1.165) is 4.90 Å². The Bertz CT molecular complexity index is 922. The van der Waals surface area contributed by atoms with Gasteiger partial charge in [0.05, 0.1) is 24.3 Å². The molecule has 2 aromatic rings. The molecule has 0 aliphatic carbocycles. The molecule has 0 spiro atoms. The summed E-state index contributed by atoms with van der Waals surface area (Å²) in [6, 6.07) is 11.7. The number of nitrogens with zero attached hydrogens (tertiary/aromatic N) is 1. The van der Waals surface area contributed by atoms with Gasteiger partial charge in [-0.2, -0.15) is 0 Å². The monoisotopic (exact) mass is 381 g/mol. The van der Waals surface area contributed by atoms with E-state index in [1.807, 2.05) is 0 Å². The summed E-state index contributed by atoms with van der Waals surface area (Å²) >= 11 is 0. The molecule has 1 heterocycles. The van der Waals surface area contributed by atoms with Crippen molar-refractivity contribution in [2.45, 2.75) is 19.4 Å². The first kappa shape index (κ1) is 19.1. The summed E-state index contributed by atoms with van der Waals surface area (Å²) in [5.41, 5.74) is 6.87. The average Bonchev–Trinajstić information content (AvgIpc) is 2.96. The number of rotatable bonds is 6. The number of nitrogens with two attached hydrogens (primary N) is 1. The Hall–Kier alpha value is -3.68. The Morgan fingerprint density at radius 3 is 2.25 bits per heavy atom. The zero-order valence-corrected chi connectivity index (χ0v) is 15.2. The predicted molar refractivity (Wildman–Crippen MR) is 102 cm³/mol. The third-order valence-electron chi connectivity index (χ3n) is 4.29. The number of primary amides is 1. The molecule has 1 saturated heterocycles. The lowest BCUT2D eigenvalue weighted by atomic mass is 10.1. The topological polar surface area (TPSA) is 119 Å². The Labute approximate surface area is 161 Å². The van der Waals surface area contributed by atoms with Gasteiger partial charge in [0.2, 0.25) is 11.8 Å². The fourth-order valence-corrected chi connectivity index (χ4v) is 2.91. The second-order valence-electron chi connectivity index (χ2n) is 6.18. The molecule has 1 unspecified atom stereocenters. The SMILES string of the molecule is CCOC(=O)c1ccc(N2C(=O)CC(Nc3ccc(C(N)=O)cc3)C2=O)cc1. The number of nitrogens with one attached hydrogen (secondary N) is 1. The van der Waals surface area contributed by atoms with Crippen LogP contribution in [-0.4, -0.2) is 36.3 Å². The maximum Gasteiger partial charge on any atom is 0.338 e. The molecule has 2 aromatic carbocycles. The Balaban J connectivity index is 1.72. The first-order valence-corrected chi connectivity index (χ1v) is 8.71. The summed E-state index contributed by atoms with van der Waals surface area (Å²) in [6.45, 7) is 1.97. The van der Waals surface area contributed by atoms with Crippen molar-refractivity contribution in [3.63, 3.8) is 0 Å². The molecule has 3 rings (SSSR count). The summed E-state index contributed by atoms with van der Waals surface area (Å²) in [5, 5.41) is 2.99. The van der Waals surface area contributed by atoms with Crippen LogP contribution in [0.5, 0.6) is 0 Å². The van der Waals surface area contributed by atoms with Crippen LogP contribution in [-0.2, 0) is 14.3 Å². The minimum Gasteiger partial charge on any atom is -0.462 e. The average molecular weight is 381 g/mol. The second-order valence-corrected chi connectivity index (χ2v) is 6.18. The van der Waals surface area contributed by atoms with Gasteiger partial charge in [0, 0.05) is 11.3 Å². The molecule has 0 saturated carbocycles. The normalized spacial score (nSPS) is 16.2. The molecule has 8 heteroatoms. The molecule has 3 N–H and O–H groups in total. The van der Waals surface area contributed by atoms with Crippen LogP contribution in [0.25, 0.3) is 0 Å². The number of imide groups is 1. The molecule has 1 aliphatic rings. The minimum atomic E-state index is -0.725. The second kappa shape index (κ2) is 7.91. The number of hydrogen-bond acceptors (Lipinski definition) is 6. The largest absolute Gasteiger partial charge is 0.462 e. The highest BCUT2D eigenvalue weighted by Gasteiger charge is 2.39. The van der Waals surface area contributed by atoms with Crippen molar-refractivity contribution >= 4 is 35.1 Å². The number of anilines is 2. The minimum absolute atomic E-state index is 0.00394. The van der Waals surface area contributed by atoms with Crippen LogP contribution in [0.1, 0.15) is 34.1 Å². The fraction of sp³-hybridized carbons (Fsp3) is 0.200. The first-order valence-electron chi connectivity index (χ1n) is 8.71. The molecule has 1 atom stereocenters. The van der Waals surface area contributed by atoms with Gasteiger partial charge < -0.3 is 15.8 Å². The highest BCUT2D eigenvalue weighted by Crippen LogP contribution is 2.25. The van der Waals surface area contributed by atoms with Gasteiger partial charge >= 0.3 is 5.97 Å². The van der Waals surface area contributed by atoms with Crippen molar-refractivity contribution in [2.75, 3.05) is 16.8 Å². The Morgan fingerprint density at radius 2 is 1.68 bits per heavy atom. The molecule has 1 fully saturated rings. The number of benzene rings is 2. The van der Waals surface area contributed by atoms with Gasteiger partial charge in [-0.3, -0.25) is 14.4 Å². The van der Waals surface area contributed by atoms with E-state index in [1.165, 1.54) is 36.4 Å². The van der Waals surface area contributed by atoms with Crippen LogP contribution in [0.15, 0.2) is 48.5 Å². The summed E-state index contributed by atoms with van der Waals surface area (Å²) in [7, 11) is 0. The molecule has 0 radical (unpaired) electrons. The lowest BCUT2D eigenvalue weighted by Crippen LogP contribution is -2.34. The standard InChI is InChI=1S/C20H19N3O5/c1-2-28-20(27)13-5-9-15(10-6-13)23-17(24)11-16(19(23)26)22-14-7-3-12(4-8-14)18(21)25/h3-10,16,22H,2,11H2,1H3,(H2,21,25). The van der Waals surface area contributed by atoms with E-state index in [9.17, 15) is 19.2 Å². The van der Waals surface area contributed by atoms with Crippen molar-refractivity contribution in [1.29, 1.82) is 0 Å². The third-order valence-corrected chi connectivity index (χ3v) is 4.29. The lowest BCUT2D eigenvalue weighted by Gasteiger charge is -2.16. The van der Waals surface area contributed by atoms with Crippen molar-refractivity contribution < 1.29 is 23.9 Å². The molecule has 144 valence electrons. The van der Waals surface area contributed by atoms with E-state index in [-0.39, 0.29) is 18.9 Å². The van der Waals surface area contributed by atoms with E-state index in [0.29, 0.717) is 22.5 Å². The molecule has 0 aromatic heterocycles. The number of hydrogen-bond donors (Lipinski definition) is 2. The van der Waals surface area contributed by atoms with Gasteiger partial charge in [-0.25, -0.2) is 9.69 Å². The van der Waals surface area contributed by atoms with Crippen LogP contribution in [0.4, 0.5) is 11.4 Å². The summed E-state index contributed by atoms with van der Waals surface area (Å²) in [4.78, 5) is 49.0. The van der Waals surface area contributed by atoms with Crippen LogP contribution < -0.4 is 16.0 Å². The molecular formula is C20H19N3O5. The third kappa shape index (κ3) is 3.85. The van der Waals surface area contributed by atoms with E-state index in [2.05, 4.69) is 5.32 Å². The van der Waals surface area contributed by atoms with E-state index in [1.54, 1.807) is 19.1 Å². The van der Waals surface area contributed by atoms with Crippen molar-refractivity contribution in [1.82, 2.24) is 0 Å². The van der Waals surface area contributed by atoms with Crippen molar-refractivity contribution in [2.24, 2.45) is 5.73 Å². The number of carbonyl (C=O) groups excluding carboxylic acids is 4. The number of esters is 1. The van der Waals surface area contributed by atoms with Gasteiger partial charge in [0.15, 0.2) is 0 Å². The maximum absolute atomic E-state index is 12.7. The van der Waals surface area contributed by atoms with Gasteiger partial charge in [0.1, 0.15) is 6.04 Å². The fourth-order valence-electron chi connectivity index (χ4n) is 2.91. The van der Waals surface area contributed by atoms with Crippen molar-refractivity contribution in [3.8, 4) is 0 Å². The highest BCUT2D eigenvalue weighted by atomic mass is 16.5. The van der Waals surface area contributed by atoms with E-state index < -0.39 is 23.8 Å². The smallest absolute Gasteiger partial charge is 0.338 e. The van der Waals surface area contributed by atoms with Crippen LogP contribution in [0, 0.1) is 0 Å². The molecule has 3 amide bonds. The zero-order chi connectivity index (χ0) is 20.3. The van der Waals surface area contributed by atoms with Crippen molar-refractivity contribution in [3.05, 3.63) is 59.7 Å². The van der Waals surface area contributed by atoms with Crippen LogP contribution in [0.2, 0.25) is 0 Å².